The van der Waals surface area contributed by atoms with Crippen LogP contribution >= 0.6 is 82.6 Å². The third-order valence-corrected chi connectivity index (χ3v) is 14.0. The summed E-state index contributed by atoms with van der Waals surface area (Å²) in [6, 6.07) is 15.9. The first kappa shape index (κ1) is 69.9. The van der Waals surface area contributed by atoms with Crippen LogP contribution in [0, 0.1) is 20.8 Å². The summed E-state index contributed by atoms with van der Waals surface area (Å²) in [5, 5.41) is 33.1. The van der Waals surface area contributed by atoms with E-state index in [2.05, 4.69) is 84.0 Å². The predicted octanol–water partition coefficient (Wildman–Crippen LogP) is 9.99. The molecule has 0 spiro atoms. The number of carbonyl (C=O) groups is 1. The van der Waals surface area contributed by atoms with Crippen molar-refractivity contribution in [2.24, 2.45) is 17.2 Å². The molecular formula is C52H60Br3Cl3Cu2N10O8. The number of benzene rings is 3. The molecule has 0 saturated heterocycles. The Balaban J connectivity index is 0.000000358. The number of Topliss-reactive ketones (excluding diaryl/α,β-unsaturated/α-hetero) is 1. The standard InChI is InChI=1S/C18H21ClN4O2.C16H14BrClN2O2.C10H10BrClO3.C6H7BrN2.C2H8N2.2Cu.O/c1-11-5-18-22-16(9-23(18)8-15(11)21-4-3-20)13-7-14(19)17(25-2)6-12(13)10-24;1-9-3-16-19-14(7-20(16)6-12(9)17)11-5-13(18)15(22-2)4-10(11)8-21;1-15-10-2-6(5-13)8(12)3-7(10)9(14)4-11;1-4-2-6(8)9-3-5(4)7;3-1-2-4;;;/h5-9,21,24H,3-4,10,20H2,1-2H3;3-7,21H,8H2,1-2H3;2-3,13H,4-5H2,1H3;2-3H,1H3,(H2,8,9);1-4H2;;;. The Morgan fingerprint density at radius 3 is 1.53 bits per heavy atom. The number of anilines is 2. The summed E-state index contributed by atoms with van der Waals surface area (Å²) < 4.78 is 29.2. The molecule has 0 atom stereocenters. The van der Waals surface area contributed by atoms with Gasteiger partial charge in [-0.15, -0.1) is 0 Å². The van der Waals surface area contributed by atoms with Gasteiger partial charge in [0.1, 0.15) is 34.4 Å². The van der Waals surface area contributed by atoms with Crippen LogP contribution in [0.2, 0.25) is 15.1 Å². The van der Waals surface area contributed by atoms with Crippen LogP contribution in [-0.2, 0) is 56.7 Å². The number of imidazole rings is 2. The van der Waals surface area contributed by atoms with Gasteiger partial charge in [-0.1, -0.05) is 50.7 Å². The number of hydrogen-bond acceptors (Lipinski definition) is 16. The zero-order chi connectivity index (χ0) is 57.5. The van der Waals surface area contributed by atoms with E-state index in [1.54, 1.807) is 50.7 Å². The van der Waals surface area contributed by atoms with Gasteiger partial charge < -0.3 is 66.6 Å². The van der Waals surface area contributed by atoms with Crippen molar-refractivity contribution in [3.05, 3.63) is 149 Å². The van der Waals surface area contributed by atoms with Gasteiger partial charge in [0.15, 0.2) is 5.78 Å². The van der Waals surface area contributed by atoms with Gasteiger partial charge in [0.05, 0.1) is 79.2 Å². The molecule has 0 fully saturated rings. The fraction of sp³-hybridized carbons (Fsp3) is 0.269. The SMILES string of the molecule is COc1cc(CO)c(-c2cn3cc(Br)c(C)cc3n2)cc1Cl.COc1cc(CO)c(-c2cn3cc(NCCN)c(C)cc3n2)cc1Cl.COc1cc(CO)c(Cl)cc1C(=O)CBr.Cc1cc(N)ncc1Br.NCCN.[Cu].[O]=[Cu]. The van der Waals surface area contributed by atoms with E-state index in [4.69, 9.17) is 80.9 Å². The van der Waals surface area contributed by atoms with Crippen molar-refractivity contribution >= 4 is 111 Å². The molecule has 12 N–H and O–H groups in total. The number of aromatic nitrogens is 5. The molecule has 5 heterocycles. The van der Waals surface area contributed by atoms with E-state index < -0.39 is 0 Å². The van der Waals surface area contributed by atoms with E-state index >= 15 is 0 Å². The molecule has 8 aromatic rings. The molecule has 430 valence electrons. The summed E-state index contributed by atoms with van der Waals surface area (Å²) >= 11 is 31.2. The van der Waals surface area contributed by atoms with Gasteiger partial charge >= 0.3 is 19.8 Å². The maximum absolute atomic E-state index is 11.5. The van der Waals surface area contributed by atoms with E-state index in [0.29, 0.717) is 81.0 Å². The van der Waals surface area contributed by atoms with Crippen LogP contribution in [0.15, 0.2) is 94.5 Å². The van der Waals surface area contributed by atoms with Gasteiger partial charge in [0, 0.05) is 99.3 Å². The molecule has 1 radical (unpaired) electrons. The number of alkyl halides is 1. The summed E-state index contributed by atoms with van der Waals surface area (Å²) in [5.41, 5.74) is 32.2. The topological polar surface area (TPSA) is 286 Å². The summed E-state index contributed by atoms with van der Waals surface area (Å²) in [7, 11) is 4.56. The average molecular weight is 1430 g/mol. The molecule has 5 aromatic heterocycles. The molecule has 78 heavy (non-hydrogen) atoms. The Kier molecular flexibility index (Phi) is 31.8. The van der Waals surface area contributed by atoms with Crippen LogP contribution < -0.4 is 42.5 Å². The summed E-state index contributed by atoms with van der Waals surface area (Å²) in [4.78, 5) is 24.7. The molecule has 0 bridgehead atoms. The van der Waals surface area contributed by atoms with Gasteiger partial charge in [-0.25, -0.2) is 15.0 Å². The number of nitrogen functional groups attached to an aromatic ring is 1. The summed E-state index contributed by atoms with van der Waals surface area (Å²) in [5.74, 6) is 1.95. The number of aliphatic hydroxyl groups is 3. The number of pyridine rings is 3. The third kappa shape index (κ3) is 19.5. The van der Waals surface area contributed by atoms with Gasteiger partial charge in [-0.05, 0) is 141 Å². The number of ether oxygens (including phenoxy) is 3. The van der Waals surface area contributed by atoms with Crippen molar-refractivity contribution in [1.29, 1.82) is 0 Å². The number of aryl methyl sites for hydroxylation is 3. The Morgan fingerprint density at radius 2 is 1.10 bits per heavy atom. The summed E-state index contributed by atoms with van der Waals surface area (Å²) in [6.07, 6.45) is 9.48. The van der Waals surface area contributed by atoms with Crippen LogP contribution in [-0.4, -0.2) is 97.7 Å². The third-order valence-electron chi connectivity index (χ3n) is 10.8. The van der Waals surface area contributed by atoms with Crippen LogP contribution in [0.1, 0.15) is 43.7 Å². The zero-order valence-electron chi connectivity index (χ0n) is 43.0. The number of carbonyl (C=O) groups excluding carboxylic acids is 1. The molecule has 0 aliphatic heterocycles. The number of ketones is 1. The van der Waals surface area contributed by atoms with Gasteiger partial charge in [-0.3, -0.25) is 4.79 Å². The van der Waals surface area contributed by atoms with Gasteiger partial charge in [0.2, 0.25) is 0 Å². The quantitative estimate of drug-likeness (QED) is 0.0285. The van der Waals surface area contributed by atoms with Crippen molar-refractivity contribution in [3.8, 4) is 39.8 Å². The minimum atomic E-state index is -0.183. The average Bonchev–Trinajstić information content (AvgIpc) is 4.05. The Bertz CT molecular complexity index is 3190. The van der Waals surface area contributed by atoms with Crippen LogP contribution in [0.5, 0.6) is 17.2 Å². The van der Waals surface area contributed by atoms with E-state index in [0.717, 1.165) is 70.7 Å². The van der Waals surface area contributed by atoms with E-state index in [-0.39, 0.29) is 48.0 Å². The van der Waals surface area contributed by atoms with Crippen LogP contribution in [0.25, 0.3) is 33.8 Å². The summed E-state index contributed by atoms with van der Waals surface area (Å²) in [6.45, 7) is 8.06. The second-order valence-electron chi connectivity index (χ2n) is 16.1. The number of nitrogens with two attached hydrogens (primary N) is 4. The van der Waals surface area contributed by atoms with Crippen molar-refractivity contribution in [2.45, 2.75) is 40.6 Å². The van der Waals surface area contributed by atoms with Crippen LogP contribution in [0.3, 0.4) is 0 Å². The Morgan fingerprint density at radius 1 is 0.641 bits per heavy atom. The van der Waals surface area contributed by atoms with E-state index in [1.165, 1.54) is 13.2 Å². The molecule has 0 saturated carbocycles. The van der Waals surface area contributed by atoms with Crippen LogP contribution in [0.4, 0.5) is 11.5 Å². The van der Waals surface area contributed by atoms with Gasteiger partial charge in [-0.2, -0.15) is 0 Å². The fourth-order valence-corrected chi connectivity index (χ4v) is 8.42. The first-order valence-corrected chi connectivity index (χ1v) is 27.1. The molecule has 18 nitrogen and oxygen atoms in total. The van der Waals surface area contributed by atoms with E-state index in [1.807, 2.05) is 72.6 Å². The number of nitrogens with one attached hydrogen (secondary N) is 1. The normalized spacial score (nSPS) is 10.2. The van der Waals surface area contributed by atoms with Crippen molar-refractivity contribution in [2.75, 3.05) is 63.9 Å². The molecule has 0 unspecified atom stereocenters. The monoisotopic (exact) mass is 1420 g/mol. The molecule has 0 aliphatic carbocycles. The number of rotatable bonds is 14. The van der Waals surface area contributed by atoms with Crippen molar-refractivity contribution < 1.29 is 71.2 Å². The second-order valence-corrected chi connectivity index (χ2v) is 19.6. The minimum absolute atomic E-state index is 0. The number of methoxy groups -OCH3 is 3. The second kappa shape index (κ2) is 35.5. The fourth-order valence-electron chi connectivity index (χ4n) is 6.87. The number of aliphatic hydroxyl groups excluding tert-OH is 3. The number of halogens is 6. The molecule has 3 aromatic carbocycles. The molecule has 0 aliphatic rings. The first-order chi connectivity index (χ1) is 36.8. The number of hydrogen-bond donors (Lipinski definition) is 8. The zero-order valence-corrected chi connectivity index (χ0v) is 51.9. The molecule has 26 heteroatoms. The Labute approximate surface area is 511 Å². The van der Waals surface area contributed by atoms with Gasteiger partial charge in [0.25, 0.3) is 0 Å². The van der Waals surface area contributed by atoms with E-state index in [9.17, 15) is 15.0 Å². The van der Waals surface area contributed by atoms with Crippen molar-refractivity contribution in [3.63, 3.8) is 0 Å². The molecular weight excluding hydrogens is 1370 g/mol. The predicted molar refractivity (Wildman–Crippen MR) is 313 cm³/mol. The first-order valence-electron chi connectivity index (χ1n) is 22.9. The maximum atomic E-state index is 11.5. The Hall–Kier alpha value is -4.23. The van der Waals surface area contributed by atoms with Crippen molar-refractivity contribution in [1.82, 2.24) is 23.8 Å². The molecule has 8 rings (SSSR count). The number of fused-ring (bicyclic) bond motifs is 2. The molecule has 0 amide bonds. The number of nitrogens with zero attached hydrogens (tertiary/aromatic N) is 5.